The molecule has 2 aromatic rings. The zero-order valence-electron chi connectivity index (χ0n) is 12.8. The van der Waals surface area contributed by atoms with Crippen molar-refractivity contribution in [3.05, 3.63) is 58.6 Å². The Morgan fingerprint density at radius 3 is 2.61 bits per heavy atom. The lowest BCUT2D eigenvalue weighted by Crippen LogP contribution is -2.45. The molecule has 1 saturated heterocycles. The van der Waals surface area contributed by atoms with Crippen LogP contribution in [-0.4, -0.2) is 37.9 Å². The van der Waals surface area contributed by atoms with Gasteiger partial charge < -0.3 is 14.8 Å². The quantitative estimate of drug-likeness (QED) is 0.938. The number of nitrogens with zero attached hydrogens (tertiary/aromatic N) is 1. The maximum atomic E-state index is 6.51. The Morgan fingerprint density at radius 1 is 1.00 bits per heavy atom. The van der Waals surface area contributed by atoms with E-state index in [2.05, 4.69) is 28.4 Å². The van der Waals surface area contributed by atoms with E-state index in [1.54, 1.807) is 0 Å². The zero-order chi connectivity index (χ0) is 15.6. The van der Waals surface area contributed by atoms with Gasteiger partial charge in [-0.05, 0) is 29.3 Å². The third-order valence-electron chi connectivity index (χ3n) is 4.43. The van der Waals surface area contributed by atoms with Crippen molar-refractivity contribution in [2.24, 2.45) is 0 Å². The summed E-state index contributed by atoms with van der Waals surface area (Å²) in [6.07, 6.45) is 0. The number of hydrogen-bond acceptors (Lipinski definition) is 4. The second-order valence-corrected chi connectivity index (χ2v) is 6.23. The number of hydrogen-bond donors (Lipinski definition) is 1. The Hall–Kier alpha value is -1.75. The predicted molar refractivity (Wildman–Crippen MR) is 90.3 cm³/mol. The van der Waals surface area contributed by atoms with Crippen LogP contribution in [0.2, 0.25) is 5.02 Å². The maximum absolute atomic E-state index is 6.51. The van der Waals surface area contributed by atoms with E-state index in [0.717, 1.165) is 48.3 Å². The number of benzene rings is 2. The van der Waals surface area contributed by atoms with Gasteiger partial charge in [0.25, 0.3) is 0 Å². The van der Waals surface area contributed by atoms with Crippen molar-refractivity contribution in [1.82, 2.24) is 10.2 Å². The highest BCUT2D eigenvalue weighted by atomic mass is 35.5. The van der Waals surface area contributed by atoms with Crippen molar-refractivity contribution < 1.29 is 9.47 Å². The summed E-state index contributed by atoms with van der Waals surface area (Å²) in [5.41, 5.74) is 2.32. The molecule has 5 heteroatoms. The topological polar surface area (TPSA) is 33.7 Å². The first kappa shape index (κ1) is 14.8. The van der Waals surface area contributed by atoms with E-state index in [1.807, 2.05) is 24.3 Å². The molecule has 0 saturated carbocycles. The van der Waals surface area contributed by atoms with Crippen molar-refractivity contribution in [2.45, 2.75) is 6.04 Å². The van der Waals surface area contributed by atoms with Crippen LogP contribution >= 0.6 is 11.6 Å². The highest BCUT2D eigenvalue weighted by Crippen LogP contribution is 2.39. The first-order valence-corrected chi connectivity index (χ1v) is 8.29. The van der Waals surface area contributed by atoms with Gasteiger partial charge in [-0.2, -0.15) is 0 Å². The highest BCUT2D eigenvalue weighted by molar-refractivity contribution is 6.31. The molecule has 2 aliphatic heterocycles. The molecule has 2 heterocycles. The van der Waals surface area contributed by atoms with E-state index in [4.69, 9.17) is 21.1 Å². The summed E-state index contributed by atoms with van der Waals surface area (Å²) in [4.78, 5) is 2.47. The monoisotopic (exact) mass is 330 g/mol. The van der Waals surface area contributed by atoms with Gasteiger partial charge in [0.1, 0.15) is 0 Å². The molecule has 1 fully saturated rings. The lowest BCUT2D eigenvalue weighted by atomic mass is 9.96. The molecular formula is C18H19ClN2O2. The third-order valence-corrected chi connectivity index (χ3v) is 4.77. The molecule has 0 bridgehead atoms. The fourth-order valence-electron chi connectivity index (χ4n) is 3.31. The average molecular weight is 331 g/mol. The van der Waals surface area contributed by atoms with Gasteiger partial charge >= 0.3 is 0 Å². The lowest BCUT2D eigenvalue weighted by Gasteiger charge is -2.36. The third kappa shape index (κ3) is 2.90. The molecule has 2 aromatic carbocycles. The van der Waals surface area contributed by atoms with Crippen LogP contribution in [0.3, 0.4) is 0 Å². The van der Waals surface area contributed by atoms with Crippen LogP contribution < -0.4 is 14.8 Å². The van der Waals surface area contributed by atoms with Gasteiger partial charge in [0.2, 0.25) is 6.79 Å². The molecule has 1 N–H and O–H groups in total. The maximum Gasteiger partial charge on any atom is 0.231 e. The first-order chi connectivity index (χ1) is 11.3. The van der Waals surface area contributed by atoms with Crippen LogP contribution in [0, 0.1) is 0 Å². The number of nitrogens with one attached hydrogen (secondary N) is 1. The Labute approximate surface area is 141 Å². The van der Waals surface area contributed by atoms with Gasteiger partial charge in [0, 0.05) is 31.2 Å². The Bertz CT molecular complexity index is 701. The molecule has 0 spiro atoms. The number of piperazine rings is 1. The zero-order valence-corrected chi connectivity index (χ0v) is 13.6. The molecule has 2 aliphatic rings. The van der Waals surface area contributed by atoms with Crippen molar-refractivity contribution >= 4 is 11.6 Å². The summed E-state index contributed by atoms with van der Waals surface area (Å²) in [7, 11) is 0. The van der Waals surface area contributed by atoms with Gasteiger partial charge in [-0.25, -0.2) is 0 Å². The molecule has 0 amide bonds. The van der Waals surface area contributed by atoms with E-state index in [9.17, 15) is 0 Å². The second kappa shape index (κ2) is 6.40. The van der Waals surface area contributed by atoms with Crippen LogP contribution in [0.15, 0.2) is 42.5 Å². The Kier molecular flexibility index (Phi) is 4.12. The van der Waals surface area contributed by atoms with Crippen LogP contribution in [-0.2, 0) is 0 Å². The van der Waals surface area contributed by atoms with E-state index in [0.29, 0.717) is 6.79 Å². The first-order valence-electron chi connectivity index (χ1n) is 7.92. The number of ether oxygens (including phenoxy) is 2. The minimum absolute atomic E-state index is 0.125. The van der Waals surface area contributed by atoms with Crippen molar-refractivity contribution in [3.8, 4) is 11.5 Å². The van der Waals surface area contributed by atoms with E-state index >= 15 is 0 Å². The molecule has 120 valence electrons. The molecule has 1 unspecified atom stereocenters. The summed E-state index contributed by atoms with van der Waals surface area (Å²) >= 11 is 6.51. The van der Waals surface area contributed by atoms with Gasteiger partial charge in [0.05, 0.1) is 6.04 Å². The fraction of sp³-hybridized carbons (Fsp3) is 0.333. The second-order valence-electron chi connectivity index (χ2n) is 5.82. The van der Waals surface area contributed by atoms with Gasteiger partial charge in [-0.1, -0.05) is 35.9 Å². The number of halogens is 1. The summed E-state index contributed by atoms with van der Waals surface area (Å²) < 4.78 is 11.0. The molecule has 4 rings (SSSR count). The van der Waals surface area contributed by atoms with Crippen LogP contribution in [0.5, 0.6) is 11.5 Å². The molecule has 23 heavy (non-hydrogen) atoms. The van der Waals surface area contributed by atoms with Gasteiger partial charge in [-0.15, -0.1) is 0 Å². The minimum atomic E-state index is 0.125. The van der Waals surface area contributed by atoms with Gasteiger partial charge in [0.15, 0.2) is 11.5 Å². The summed E-state index contributed by atoms with van der Waals surface area (Å²) in [6, 6.07) is 14.4. The molecule has 0 aromatic heterocycles. The molecule has 1 atom stereocenters. The summed E-state index contributed by atoms with van der Waals surface area (Å²) in [5.74, 6) is 1.63. The van der Waals surface area contributed by atoms with Gasteiger partial charge in [-0.3, -0.25) is 4.90 Å². The normalized spacial score (nSPS) is 18.8. The molecular weight excluding hydrogens is 312 g/mol. The fourth-order valence-corrected chi connectivity index (χ4v) is 3.55. The largest absolute Gasteiger partial charge is 0.454 e. The van der Waals surface area contributed by atoms with Crippen molar-refractivity contribution in [1.29, 1.82) is 0 Å². The predicted octanol–water partition coefficient (Wildman–Crippen LogP) is 3.06. The van der Waals surface area contributed by atoms with E-state index in [-0.39, 0.29) is 6.04 Å². The van der Waals surface area contributed by atoms with Crippen LogP contribution in [0.1, 0.15) is 17.2 Å². The Morgan fingerprint density at radius 2 is 1.78 bits per heavy atom. The SMILES string of the molecule is Clc1ccccc1C(c1ccc2c(c1)OCO2)N1CCNCC1. The van der Waals surface area contributed by atoms with E-state index < -0.39 is 0 Å². The van der Waals surface area contributed by atoms with Crippen molar-refractivity contribution in [2.75, 3.05) is 33.0 Å². The summed E-state index contributed by atoms with van der Waals surface area (Å²) in [6.45, 7) is 4.26. The molecule has 0 radical (unpaired) electrons. The van der Waals surface area contributed by atoms with Crippen LogP contribution in [0.25, 0.3) is 0 Å². The van der Waals surface area contributed by atoms with Crippen molar-refractivity contribution in [3.63, 3.8) is 0 Å². The minimum Gasteiger partial charge on any atom is -0.454 e. The number of fused-ring (bicyclic) bond motifs is 1. The highest BCUT2D eigenvalue weighted by Gasteiger charge is 2.27. The molecule has 0 aliphatic carbocycles. The van der Waals surface area contributed by atoms with E-state index in [1.165, 1.54) is 5.56 Å². The molecule has 4 nitrogen and oxygen atoms in total. The van der Waals surface area contributed by atoms with Crippen LogP contribution in [0.4, 0.5) is 0 Å². The summed E-state index contributed by atoms with van der Waals surface area (Å²) in [5, 5.41) is 4.21. The Balaban J connectivity index is 1.77. The lowest BCUT2D eigenvalue weighted by molar-refractivity contribution is 0.173. The number of rotatable bonds is 3. The standard InChI is InChI=1S/C18H19ClN2O2/c19-15-4-2-1-3-14(15)18(21-9-7-20-8-10-21)13-5-6-16-17(11-13)23-12-22-16/h1-6,11,18,20H,7-10,12H2. The smallest absolute Gasteiger partial charge is 0.231 e. The average Bonchev–Trinajstić information content (AvgIpc) is 3.06.